The van der Waals surface area contributed by atoms with Gasteiger partial charge in [-0.05, 0) is 26.7 Å². The van der Waals surface area contributed by atoms with Crippen LogP contribution in [-0.4, -0.2) is 63.5 Å². The molecule has 0 saturated carbocycles. The molecule has 25 heavy (non-hydrogen) atoms. The lowest BCUT2D eigenvalue weighted by atomic mass is 10.0. The Balaban J connectivity index is 1.57. The van der Waals surface area contributed by atoms with Gasteiger partial charge in [0.05, 0.1) is 13.2 Å². The van der Waals surface area contributed by atoms with E-state index in [1.165, 1.54) is 4.68 Å². The second-order valence-electron chi connectivity index (χ2n) is 7.51. The average molecular weight is 351 g/mol. The van der Waals surface area contributed by atoms with Crippen molar-refractivity contribution in [1.82, 2.24) is 24.6 Å². The van der Waals surface area contributed by atoms with Crippen LogP contribution in [0.4, 0.5) is 0 Å². The molecule has 1 aromatic rings. The van der Waals surface area contributed by atoms with Crippen molar-refractivity contribution in [2.75, 3.05) is 32.8 Å². The maximum atomic E-state index is 12.4. The molecule has 2 aliphatic rings. The van der Waals surface area contributed by atoms with Gasteiger partial charge in [-0.25, -0.2) is 9.48 Å². The van der Waals surface area contributed by atoms with Crippen LogP contribution in [0.15, 0.2) is 4.79 Å². The number of amides is 1. The minimum absolute atomic E-state index is 0.0158. The highest BCUT2D eigenvalue weighted by molar-refractivity contribution is 5.75. The van der Waals surface area contributed by atoms with Gasteiger partial charge >= 0.3 is 5.69 Å². The fourth-order valence-corrected chi connectivity index (χ4v) is 3.52. The predicted molar refractivity (Wildman–Crippen MR) is 93.5 cm³/mol. The van der Waals surface area contributed by atoms with Crippen molar-refractivity contribution >= 4 is 5.91 Å². The van der Waals surface area contributed by atoms with Crippen LogP contribution in [0.25, 0.3) is 0 Å². The molecule has 0 spiro atoms. The predicted octanol–water partition coefficient (Wildman–Crippen LogP) is -0.00180. The van der Waals surface area contributed by atoms with Crippen LogP contribution in [0.3, 0.4) is 0 Å². The SMILES string of the molecule is CC(C)(CNC(=O)Cn1nc2n(c1=O)CCCCC2)N1CCOCC1. The second-order valence-corrected chi connectivity index (χ2v) is 7.51. The van der Waals surface area contributed by atoms with Crippen molar-refractivity contribution in [3.63, 3.8) is 0 Å². The number of rotatable bonds is 5. The summed E-state index contributed by atoms with van der Waals surface area (Å²) in [7, 11) is 0. The molecule has 0 unspecified atom stereocenters. The molecule has 0 radical (unpaired) electrons. The van der Waals surface area contributed by atoms with E-state index in [9.17, 15) is 9.59 Å². The molecule has 1 fully saturated rings. The monoisotopic (exact) mass is 351 g/mol. The Labute approximate surface area is 148 Å². The lowest BCUT2D eigenvalue weighted by molar-refractivity contribution is -0.122. The Kier molecular flexibility index (Phi) is 5.58. The summed E-state index contributed by atoms with van der Waals surface area (Å²) in [4.78, 5) is 27.0. The maximum absolute atomic E-state index is 12.4. The highest BCUT2D eigenvalue weighted by atomic mass is 16.5. The number of hydrogen-bond acceptors (Lipinski definition) is 5. The summed E-state index contributed by atoms with van der Waals surface area (Å²) < 4.78 is 8.41. The van der Waals surface area contributed by atoms with Gasteiger partial charge in [0, 0.05) is 38.1 Å². The number of nitrogens with zero attached hydrogens (tertiary/aromatic N) is 4. The van der Waals surface area contributed by atoms with Crippen LogP contribution in [-0.2, 0) is 29.0 Å². The van der Waals surface area contributed by atoms with Gasteiger partial charge in [-0.3, -0.25) is 14.3 Å². The van der Waals surface area contributed by atoms with E-state index in [0.29, 0.717) is 13.1 Å². The Morgan fingerprint density at radius 1 is 1.20 bits per heavy atom. The summed E-state index contributed by atoms with van der Waals surface area (Å²) in [6.45, 7) is 8.66. The Bertz CT molecular complexity index is 658. The molecule has 140 valence electrons. The molecule has 3 heterocycles. The minimum Gasteiger partial charge on any atom is -0.379 e. The molecule has 1 amide bonds. The molecule has 8 heteroatoms. The topological polar surface area (TPSA) is 81.4 Å². The molecular weight excluding hydrogens is 322 g/mol. The highest BCUT2D eigenvalue weighted by Gasteiger charge is 2.28. The number of morpholine rings is 1. The van der Waals surface area contributed by atoms with E-state index in [4.69, 9.17) is 4.74 Å². The fraction of sp³-hybridized carbons (Fsp3) is 0.824. The standard InChI is InChI=1S/C17H29N5O3/c1-17(2,20-8-10-25-11-9-20)13-18-15(23)12-22-16(24)21-7-5-3-4-6-14(21)19-22/h3-13H2,1-2H3,(H,18,23). The van der Waals surface area contributed by atoms with Gasteiger partial charge in [0.25, 0.3) is 0 Å². The van der Waals surface area contributed by atoms with Crippen LogP contribution >= 0.6 is 0 Å². The molecule has 8 nitrogen and oxygen atoms in total. The van der Waals surface area contributed by atoms with Crippen molar-refractivity contribution in [1.29, 1.82) is 0 Å². The quantitative estimate of drug-likeness (QED) is 0.807. The summed E-state index contributed by atoms with van der Waals surface area (Å²) in [6.07, 6.45) is 3.99. The molecule has 0 aromatic carbocycles. The molecule has 0 bridgehead atoms. The summed E-state index contributed by atoms with van der Waals surface area (Å²) in [5.41, 5.74) is -0.310. The van der Waals surface area contributed by atoms with Gasteiger partial charge in [0.2, 0.25) is 5.91 Å². The lowest BCUT2D eigenvalue weighted by Gasteiger charge is -2.40. The van der Waals surface area contributed by atoms with Crippen LogP contribution in [0.1, 0.15) is 38.9 Å². The Hall–Kier alpha value is -1.67. The molecule has 0 aliphatic carbocycles. The summed E-state index contributed by atoms with van der Waals surface area (Å²) in [5, 5.41) is 7.32. The van der Waals surface area contributed by atoms with Gasteiger partial charge in [0.15, 0.2) is 0 Å². The molecule has 1 aromatic heterocycles. The van der Waals surface area contributed by atoms with Crippen molar-refractivity contribution in [3.05, 3.63) is 16.3 Å². The van der Waals surface area contributed by atoms with E-state index < -0.39 is 0 Å². The third kappa shape index (κ3) is 4.30. The van der Waals surface area contributed by atoms with E-state index in [1.807, 2.05) is 0 Å². The van der Waals surface area contributed by atoms with Gasteiger partial charge in [-0.15, -0.1) is 0 Å². The molecule has 2 aliphatic heterocycles. The van der Waals surface area contributed by atoms with Gasteiger partial charge in [-0.2, -0.15) is 5.10 Å². The number of aryl methyl sites for hydroxylation is 1. The molecular formula is C17H29N5O3. The number of carbonyl (C=O) groups excluding carboxylic acids is 1. The van der Waals surface area contributed by atoms with Gasteiger partial charge < -0.3 is 10.1 Å². The lowest BCUT2D eigenvalue weighted by Crippen LogP contribution is -2.55. The highest BCUT2D eigenvalue weighted by Crippen LogP contribution is 2.15. The third-order valence-electron chi connectivity index (χ3n) is 5.16. The zero-order valence-corrected chi connectivity index (χ0v) is 15.3. The first-order chi connectivity index (χ1) is 12.0. The normalized spacial score (nSPS) is 19.3. The molecule has 3 rings (SSSR count). The number of hydrogen-bond donors (Lipinski definition) is 1. The van der Waals surface area contributed by atoms with Gasteiger partial charge in [-0.1, -0.05) is 6.42 Å². The van der Waals surface area contributed by atoms with E-state index in [2.05, 4.69) is 29.2 Å². The average Bonchev–Trinajstić information content (AvgIpc) is 2.78. The number of carbonyl (C=O) groups is 1. The number of aromatic nitrogens is 3. The first-order valence-electron chi connectivity index (χ1n) is 9.23. The van der Waals surface area contributed by atoms with Crippen molar-refractivity contribution < 1.29 is 9.53 Å². The molecule has 0 atom stereocenters. The van der Waals surface area contributed by atoms with Crippen molar-refractivity contribution in [3.8, 4) is 0 Å². The summed E-state index contributed by atoms with van der Waals surface area (Å²) >= 11 is 0. The summed E-state index contributed by atoms with van der Waals surface area (Å²) in [6, 6.07) is 0. The first-order valence-corrected chi connectivity index (χ1v) is 9.23. The molecule has 1 N–H and O–H groups in total. The third-order valence-corrected chi connectivity index (χ3v) is 5.16. The van der Waals surface area contributed by atoms with E-state index in [-0.39, 0.29) is 23.7 Å². The van der Waals surface area contributed by atoms with Crippen LogP contribution < -0.4 is 11.0 Å². The first kappa shape index (κ1) is 18.1. The van der Waals surface area contributed by atoms with Crippen LogP contribution in [0.5, 0.6) is 0 Å². The Morgan fingerprint density at radius 2 is 1.96 bits per heavy atom. The number of ether oxygens (including phenoxy) is 1. The second kappa shape index (κ2) is 7.70. The zero-order valence-electron chi connectivity index (χ0n) is 15.3. The largest absolute Gasteiger partial charge is 0.379 e. The maximum Gasteiger partial charge on any atom is 0.346 e. The van der Waals surface area contributed by atoms with Crippen LogP contribution in [0.2, 0.25) is 0 Å². The number of fused-ring (bicyclic) bond motifs is 1. The van der Waals surface area contributed by atoms with E-state index >= 15 is 0 Å². The van der Waals surface area contributed by atoms with E-state index in [1.54, 1.807) is 4.57 Å². The molecule has 1 saturated heterocycles. The fourth-order valence-electron chi connectivity index (χ4n) is 3.52. The van der Waals surface area contributed by atoms with Gasteiger partial charge in [0.1, 0.15) is 12.4 Å². The Morgan fingerprint density at radius 3 is 2.72 bits per heavy atom. The van der Waals surface area contributed by atoms with Crippen molar-refractivity contribution in [2.45, 2.75) is 58.2 Å². The smallest absolute Gasteiger partial charge is 0.346 e. The van der Waals surface area contributed by atoms with E-state index in [0.717, 1.165) is 57.8 Å². The van der Waals surface area contributed by atoms with Crippen molar-refractivity contribution in [2.24, 2.45) is 0 Å². The summed E-state index contributed by atoms with van der Waals surface area (Å²) in [5.74, 6) is 0.639. The zero-order chi connectivity index (χ0) is 17.9. The minimum atomic E-state index is -0.170. The number of nitrogens with one attached hydrogen (secondary N) is 1. The van der Waals surface area contributed by atoms with Crippen LogP contribution in [0, 0.1) is 0 Å².